The van der Waals surface area contributed by atoms with Crippen LogP contribution in [0.4, 0.5) is 14.5 Å². The molecule has 8 heteroatoms. The number of benzene rings is 1. The van der Waals surface area contributed by atoms with E-state index in [1.165, 1.54) is 12.1 Å². The first-order chi connectivity index (χ1) is 9.80. The Morgan fingerprint density at radius 3 is 2.29 bits per heavy atom. The molecule has 1 aromatic rings. The van der Waals surface area contributed by atoms with Crippen molar-refractivity contribution < 1.29 is 22.0 Å². The number of halogens is 2. The van der Waals surface area contributed by atoms with E-state index in [1.807, 2.05) is 0 Å². The Morgan fingerprint density at radius 2 is 1.81 bits per heavy atom. The number of carbonyl (C=O) groups excluding carboxylic acids is 1. The molecule has 1 atom stereocenters. The first kappa shape index (κ1) is 15.7. The van der Waals surface area contributed by atoms with Crippen LogP contribution < -0.4 is 10.6 Å². The normalized spacial score (nSPS) is 16.6. The quantitative estimate of drug-likeness (QED) is 0.838. The van der Waals surface area contributed by atoms with Crippen LogP contribution in [0.15, 0.2) is 29.2 Å². The molecule has 0 radical (unpaired) electrons. The van der Waals surface area contributed by atoms with E-state index in [0.29, 0.717) is 5.69 Å². The van der Waals surface area contributed by atoms with Gasteiger partial charge in [-0.15, -0.1) is 0 Å². The van der Waals surface area contributed by atoms with Crippen molar-refractivity contribution in [3.05, 3.63) is 24.3 Å². The number of nitrogens with one attached hydrogen (secondary N) is 2. The van der Waals surface area contributed by atoms with E-state index in [9.17, 15) is 22.0 Å². The van der Waals surface area contributed by atoms with Gasteiger partial charge in [0.05, 0.1) is 4.90 Å². The molecule has 1 aromatic carbocycles. The van der Waals surface area contributed by atoms with Crippen molar-refractivity contribution in [3.8, 4) is 0 Å². The molecule has 0 bridgehead atoms. The minimum Gasteiger partial charge on any atom is -0.374 e. The fraction of sp³-hybridized carbons (Fsp3) is 0.462. The molecule has 1 amide bonds. The molecule has 1 fully saturated rings. The van der Waals surface area contributed by atoms with Gasteiger partial charge in [-0.3, -0.25) is 4.79 Å². The summed E-state index contributed by atoms with van der Waals surface area (Å²) in [6.45, 7) is 1.67. The van der Waals surface area contributed by atoms with Gasteiger partial charge in [0.15, 0.2) is 0 Å². The van der Waals surface area contributed by atoms with Crippen LogP contribution in [0.3, 0.4) is 0 Å². The molecule has 5 nitrogen and oxygen atoms in total. The van der Waals surface area contributed by atoms with E-state index < -0.39 is 26.5 Å². The van der Waals surface area contributed by atoms with Crippen LogP contribution in [-0.4, -0.2) is 32.2 Å². The zero-order chi connectivity index (χ0) is 15.6. The van der Waals surface area contributed by atoms with Gasteiger partial charge < -0.3 is 10.6 Å². The summed E-state index contributed by atoms with van der Waals surface area (Å²) in [5, 5.41) is 5.72. The Bertz CT molecular complexity index is 613. The largest absolute Gasteiger partial charge is 0.374 e. The molecule has 0 aromatic heterocycles. The van der Waals surface area contributed by atoms with Gasteiger partial charge in [0.2, 0.25) is 15.7 Å². The highest BCUT2D eigenvalue weighted by Gasteiger charge is 2.27. The molecule has 1 aliphatic rings. The zero-order valence-electron chi connectivity index (χ0n) is 11.3. The third-order valence-corrected chi connectivity index (χ3v) is 4.52. The monoisotopic (exact) mass is 318 g/mol. The van der Waals surface area contributed by atoms with Crippen LogP contribution in [0.2, 0.25) is 0 Å². The van der Waals surface area contributed by atoms with Crippen molar-refractivity contribution in [1.82, 2.24) is 5.32 Å². The second-order valence-corrected chi connectivity index (χ2v) is 6.90. The summed E-state index contributed by atoms with van der Waals surface area (Å²) >= 11 is 0. The Balaban J connectivity index is 2.00. The summed E-state index contributed by atoms with van der Waals surface area (Å²) in [6.07, 6.45) is 1.97. The minimum absolute atomic E-state index is 0.151. The van der Waals surface area contributed by atoms with Crippen LogP contribution in [0.1, 0.15) is 19.8 Å². The van der Waals surface area contributed by atoms with Gasteiger partial charge in [-0.2, -0.15) is 8.78 Å². The number of carbonyl (C=O) groups is 1. The van der Waals surface area contributed by atoms with Crippen molar-refractivity contribution in [2.75, 3.05) is 5.32 Å². The van der Waals surface area contributed by atoms with E-state index in [4.69, 9.17) is 0 Å². The number of sulfone groups is 1. The predicted octanol–water partition coefficient (Wildman–Crippen LogP) is 1.76. The van der Waals surface area contributed by atoms with Crippen molar-refractivity contribution in [2.24, 2.45) is 0 Å². The summed E-state index contributed by atoms with van der Waals surface area (Å²) in [6, 6.07) is 4.65. The van der Waals surface area contributed by atoms with Crippen LogP contribution in [0.25, 0.3) is 0 Å². The summed E-state index contributed by atoms with van der Waals surface area (Å²) in [5.74, 6) is -3.60. The molecular weight excluding hydrogens is 302 g/mol. The smallest absolute Gasteiger partial charge is 0.341 e. The molecule has 0 saturated heterocycles. The van der Waals surface area contributed by atoms with Gasteiger partial charge in [-0.05, 0) is 44.0 Å². The maximum Gasteiger partial charge on any atom is 0.341 e. The van der Waals surface area contributed by atoms with Gasteiger partial charge in [-0.25, -0.2) is 8.42 Å². The molecule has 1 aliphatic carbocycles. The van der Waals surface area contributed by atoms with E-state index in [-0.39, 0.29) is 11.9 Å². The molecule has 0 aliphatic heterocycles. The van der Waals surface area contributed by atoms with Crippen LogP contribution >= 0.6 is 0 Å². The van der Waals surface area contributed by atoms with Gasteiger partial charge in [-0.1, -0.05) is 0 Å². The Hall–Kier alpha value is -1.70. The van der Waals surface area contributed by atoms with Gasteiger partial charge in [0.25, 0.3) is 0 Å². The van der Waals surface area contributed by atoms with E-state index >= 15 is 0 Å². The average molecular weight is 318 g/mol. The first-order valence-corrected chi connectivity index (χ1v) is 8.04. The Kier molecular flexibility index (Phi) is 4.46. The zero-order valence-corrected chi connectivity index (χ0v) is 12.2. The highest BCUT2D eigenvalue weighted by atomic mass is 32.2. The van der Waals surface area contributed by atoms with Gasteiger partial charge in [0.1, 0.15) is 6.04 Å². The highest BCUT2D eigenvalue weighted by Crippen LogP contribution is 2.21. The Labute approximate surface area is 121 Å². The summed E-state index contributed by atoms with van der Waals surface area (Å²) in [5.41, 5.74) is 0.488. The van der Waals surface area contributed by atoms with Gasteiger partial charge in [0, 0.05) is 11.7 Å². The lowest BCUT2D eigenvalue weighted by Crippen LogP contribution is -2.38. The van der Waals surface area contributed by atoms with Crippen molar-refractivity contribution in [3.63, 3.8) is 0 Å². The fourth-order valence-corrected chi connectivity index (χ4v) is 2.43. The van der Waals surface area contributed by atoms with Crippen LogP contribution in [0.5, 0.6) is 0 Å². The maximum absolute atomic E-state index is 12.4. The van der Waals surface area contributed by atoms with Crippen LogP contribution in [0, 0.1) is 0 Å². The topological polar surface area (TPSA) is 75.3 Å². The van der Waals surface area contributed by atoms with E-state index in [0.717, 1.165) is 25.0 Å². The predicted molar refractivity (Wildman–Crippen MR) is 73.9 cm³/mol. The minimum atomic E-state index is -4.59. The standard InChI is InChI=1S/C13H16F2N2O3S/c1-8(12(18)17-10-2-3-10)16-9-4-6-11(7-5-9)21(19,20)13(14)15/h4-8,10,13,16H,2-3H2,1H3,(H,17,18). The molecule has 1 saturated carbocycles. The molecule has 0 spiro atoms. The molecule has 21 heavy (non-hydrogen) atoms. The molecule has 2 N–H and O–H groups in total. The fourth-order valence-electron chi connectivity index (χ4n) is 1.71. The molecular formula is C13H16F2N2O3S. The highest BCUT2D eigenvalue weighted by molar-refractivity contribution is 7.91. The first-order valence-electron chi connectivity index (χ1n) is 6.49. The number of anilines is 1. The average Bonchev–Trinajstić information content (AvgIpc) is 3.23. The number of hydrogen-bond donors (Lipinski definition) is 2. The summed E-state index contributed by atoms with van der Waals surface area (Å²) < 4.78 is 47.3. The second-order valence-electron chi connectivity index (χ2n) is 4.98. The lowest BCUT2D eigenvalue weighted by molar-refractivity contribution is -0.121. The van der Waals surface area contributed by atoms with Crippen molar-refractivity contribution in [2.45, 2.75) is 42.5 Å². The third kappa shape index (κ3) is 3.90. The lowest BCUT2D eigenvalue weighted by Gasteiger charge is -2.15. The van der Waals surface area contributed by atoms with E-state index in [1.54, 1.807) is 6.92 Å². The third-order valence-electron chi connectivity index (χ3n) is 3.12. The molecule has 116 valence electrons. The SMILES string of the molecule is CC(Nc1ccc(S(=O)(=O)C(F)F)cc1)C(=O)NC1CC1. The van der Waals surface area contributed by atoms with Crippen molar-refractivity contribution >= 4 is 21.4 Å². The summed E-state index contributed by atoms with van der Waals surface area (Å²) in [7, 11) is -4.59. The van der Waals surface area contributed by atoms with Crippen molar-refractivity contribution in [1.29, 1.82) is 0 Å². The molecule has 0 heterocycles. The second kappa shape index (κ2) is 5.97. The number of hydrogen-bond acceptors (Lipinski definition) is 4. The molecule has 1 unspecified atom stereocenters. The number of alkyl halides is 2. The summed E-state index contributed by atoms with van der Waals surface area (Å²) in [4.78, 5) is 11.3. The van der Waals surface area contributed by atoms with Gasteiger partial charge >= 0.3 is 5.76 Å². The number of amides is 1. The number of rotatable bonds is 6. The van der Waals surface area contributed by atoms with E-state index in [2.05, 4.69) is 10.6 Å². The lowest BCUT2D eigenvalue weighted by atomic mass is 10.2. The molecule has 2 rings (SSSR count). The van der Waals surface area contributed by atoms with Crippen LogP contribution in [-0.2, 0) is 14.6 Å². The maximum atomic E-state index is 12.4. The Morgan fingerprint density at radius 1 is 1.24 bits per heavy atom.